The van der Waals surface area contributed by atoms with Crippen molar-refractivity contribution in [3.8, 4) is 5.88 Å². The second-order valence-corrected chi connectivity index (χ2v) is 8.86. The van der Waals surface area contributed by atoms with E-state index in [4.69, 9.17) is 16.3 Å². The number of carbonyl (C=O) groups excluding carboxylic acids is 1. The van der Waals surface area contributed by atoms with Crippen molar-refractivity contribution in [3.05, 3.63) is 46.4 Å². The average molecular weight is 473 g/mol. The first-order valence-corrected chi connectivity index (χ1v) is 11.3. The molecule has 12 heteroatoms. The molecule has 2 aromatic heterocycles. The Morgan fingerprint density at radius 2 is 2.13 bits per heavy atom. The molecule has 0 aliphatic carbocycles. The lowest BCUT2D eigenvalue weighted by Gasteiger charge is -2.12. The third-order valence-electron chi connectivity index (χ3n) is 4.23. The number of anilines is 1. The highest BCUT2D eigenvalue weighted by atomic mass is 35.5. The zero-order valence-electron chi connectivity index (χ0n) is 16.4. The molecule has 1 aromatic carbocycles. The SMILES string of the molecule is CCCS(=O)(=O)Nc1ccc(Cl)c(C(=O)Cc2cnc3[nH]nc(OCCF)c3c2)c1F. The highest BCUT2D eigenvalue weighted by Gasteiger charge is 2.22. The fraction of sp³-hybridized carbons (Fsp3) is 0.316. The Bertz CT molecular complexity index is 1220. The summed E-state index contributed by atoms with van der Waals surface area (Å²) < 4.78 is 58.6. The molecule has 0 saturated carbocycles. The van der Waals surface area contributed by atoms with Gasteiger partial charge in [0.15, 0.2) is 17.2 Å². The van der Waals surface area contributed by atoms with E-state index in [0.717, 1.165) is 6.07 Å². The number of nitrogens with one attached hydrogen (secondary N) is 2. The minimum absolute atomic E-state index is 0.131. The van der Waals surface area contributed by atoms with Crippen molar-refractivity contribution in [2.45, 2.75) is 19.8 Å². The summed E-state index contributed by atoms with van der Waals surface area (Å²) in [7, 11) is -3.76. The molecule has 2 heterocycles. The van der Waals surface area contributed by atoms with Crippen LogP contribution < -0.4 is 9.46 Å². The molecule has 0 radical (unpaired) electrons. The number of fused-ring (bicyclic) bond motifs is 1. The monoisotopic (exact) mass is 472 g/mol. The average Bonchev–Trinajstić information content (AvgIpc) is 3.11. The molecule has 0 bridgehead atoms. The van der Waals surface area contributed by atoms with Crippen LogP contribution in [0.2, 0.25) is 5.02 Å². The number of pyridine rings is 1. The van der Waals surface area contributed by atoms with Gasteiger partial charge in [-0.15, -0.1) is 5.10 Å². The van der Waals surface area contributed by atoms with Crippen LogP contribution in [0, 0.1) is 5.82 Å². The number of hydrogen-bond donors (Lipinski definition) is 2. The van der Waals surface area contributed by atoms with E-state index >= 15 is 0 Å². The Morgan fingerprint density at radius 3 is 2.84 bits per heavy atom. The molecule has 0 fully saturated rings. The Balaban J connectivity index is 1.88. The molecule has 0 spiro atoms. The van der Waals surface area contributed by atoms with Crippen LogP contribution in [0.3, 0.4) is 0 Å². The number of ketones is 1. The Labute approximate surface area is 182 Å². The van der Waals surface area contributed by atoms with E-state index in [2.05, 4.69) is 19.9 Å². The van der Waals surface area contributed by atoms with Gasteiger partial charge in [-0.25, -0.2) is 22.2 Å². The minimum atomic E-state index is -3.76. The molecule has 3 aromatic rings. The van der Waals surface area contributed by atoms with E-state index in [0.29, 0.717) is 23.0 Å². The minimum Gasteiger partial charge on any atom is -0.473 e. The van der Waals surface area contributed by atoms with Crippen molar-refractivity contribution in [2.75, 3.05) is 23.8 Å². The number of H-pyrrole nitrogens is 1. The number of aromatic amines is 1. The van der Waals surface area contributed by atoms with Gasteiger partial charge in [0.1, 0.15) is 13.3 Å². The second-order valence-electron chi connectivity index (χ2n) is 6.61. The standard InChI is InChI=1S/C19H19ClF2N4O4S/c1-2-7-31(28,29)26-14-4-3-13(20)16(17(14)22)15(27)9-11-8-12-18(23-10-11)24-25-19(12)30-6-5-21/h3-4,8,10,26H,2,5-7,9H2,1H3,(H,23,24,25). The number of aromatic nitrogens is 3. The fourth-order valence-corrected chi connectivity index (χ4v) is 4.30. The highest BCUT2D eigenvalue weighted by molar-refractivity contribution is 7.92. The predicted molar refractivity (Wildman–Crippen MR) is 113 cm³/mol. The van der Waals surface area contributed by atoms with E-state index in [-0.39, 0.29) is 35.4 Å². The van der Waals surface area contributed by atoms with Crippen LogP contribution in [-0.2, 0) is 16.4 Å². The highest BCUT2D eigenvalue weighted by Crippen LogP contribution is 2.29. The first-order valence-electron chi connectivity index (χ1n) is 9.29. The number of alkyl halides is 1. The molecule has 0 saturated heterocycles. The molecule has 8 nitrogen and oxygen atoms in total. The lowest BCUT2D eigenvalue weighted by Crippen LogP contribution is -2.18. The molecule has 2 N–H and O–H groups in total. The van der Waals surface area contributed by atoms with Crippen LogP contribution in [0.15, 0.2) is 24.4 Å². The number of ether oxygens (including phenoxy) is 1. The zero-order valence-corrected chi connectivity index (χ0v) is 18.0. The lowest BCUT2D eigenvalue weighted by atomic mass is 10.0. The van der Waals surface area contributed by atoms with Crippen molar-refractivity contribution in [2.24, 2.45) is 0 Å². The lowest BCUT2D eigenvalue weighted by molar-refractivity contribution is 0.0989. The first kappa shape index (κ1) is 22.9. The number of sulfonamides is 1. The Kier molecular flexibility index (Phi) is 7.06. The largest absolute Gasteiger partial charge is 0.473 e. The summed E-state index contributed by atoms with van der Waals surface area (Å²) in [5.74, 6) is -1.79. The third-order valence-corrected chi connectivity index (χ3v) is 6.02. The summed E-state index contributed by atoms with van der Waals surface area (Å²) in [5.41, 5.74) is 0.00380. The van der Waals surface area contributed by atoms with E-state index in [1.165, 1.54) is 12.3 Å². The molecule has 0 unspecified atom stereocenters. The van der Waals surface area contributed by atoms with Gasteiger partial charge in [-0.2, -0.15) is 0 Å². The van der Waals surface area contributed by atoms with E-state index in [1.54, 1.807) is 13.0 Å². The van der Waals surface area contributed by atoms with Crippen LogP contribution in [-0.4, -0.2) is 48.4 Å². The van der Waals surface area contributed by atoms with Gasteiger partial charge in [0, 0.05) is 12.6 Å². The number of nitrogens with zero attached hydrogens (tertiary/aromatic N) is 2. The van der Waals surface area contributed by atoms with Crippen LogP contribution in [0.4, 0.5) is 14.5 Å². The number of rotatable bonds is 10. The van der Waals surface area contributed by atoms with E-state index in [1.807, 2.05) is 0 Å². The summed E-state index contributed by atoms with van der Waals surface area (Å²) >= 11 is 6.03. The molecule has 31 heavy (non-hydrogen) atoms. The number of Topliss-reactive ketones (excluding diaryl/α,β-unsaturated/α-hetero) is 1. The van der Waals surface area contributed by atoms with Gasteiger partial charge in [-0.3, -0.25) is 14.6 Å². The summed E-state index contributed by atoms with van der Waals surface area (Å²) in [6, 6.07) is 3.98. The number of carbonyl (C=O) groups is 1. The van der Waals surface area contributed by atoms with E-state index < -0.39 is 33.9 Å². The molecular weight excluding hydrogens is 454 g/mol. The second kappa shape index (κ2) is 9.56. The summed E-state index contributed by atoms with van der Waals surface area (Å²) in [5, 5.41) is 6.81. The zero-order chi connectivity index (χ0) is 22.6. The molecule has 0 atom stereocenters. The summed E-state index contributed by atoms with van der Waals surface area (Å²) in [6.45, 7) is 0.784. The van der Waals surface area contributed by atoms with Crippen molar-refractivity contribution in [1.82, 2.24) is 15.2 Å². The predicted octanol–water partition coefficient (Wildman–Crippen LogP) is 3.68. The van der Waals surface area contributed by atoms with Gasteiger partial charge < -0.3 is 4.74 Å². The molecule has 0 amide bonds. The maximum Gasteiger partial charge on any atom is 0.242 e. The quantitative estimate of drug-likeness (QED) is 0.435. The number of benzene rings is 1. The van der Waals surface area contributed by atoms with Gasteiger partial charge in [0.05, 0.1) is 27.4 Å². The topological polar surface area (TPSA) is 114 Å². The summed E-state index contributed by atoms with van der Waals surface area (Å²) in [4.78, 5) is 16.9. The van der Waals surface area contributed by atoms with Crippen LogP contribution in [0.5, 0.6) is 5.88 Å². The van der Waals surface area contributed by atoms with Crippen molar-refractivity contribution < 1.29 is 26.7 Å². The van der Waals surface area contributed by atoms with Gasteiger partial charge in [0.25, 0.3) is 0 Å². The fourth-order valence-electron chi connectivity index (χ4n) is 2.91. The van der Waals surface area contributed by atoms with Gasteiger partial charge in [-0.1, -0.05) is 18.5 Å². The smallest absolute Gasteiger partial charge is 0.242 e. The first-order chi connectivity index (χ1) is 14.8. The molecule has 0 aliphatic heterocycles. The number of halogens is 3. The van der Waals surface area contributed by atoms with Crippen molar-refractivity contribution in [3.63, 3.8) is 0 Å². The van der Waals surface area contributed by atoms with E-state index in [9.17, 15) is 22.0 Å². The molecule has 3 rings (SSSR count). The Hall–Kier alpha value is -2.79. The molecule has 0 aliphatic rings. The van der Waals surface area contributed by atoms with Crippen molar-refractivity contribution >= 4 is 44.1 Å². The molecule has 166 valence electrons. The van der Waals surface area contributed by atoms with Crippen LogP contribution in [0.1, 0.15) is 29.3 Å². The van der Waals surface area contributed by atoms with Crippen LogP contribution >= 0.6 is 11.6 Å². The normalized spacial score (nSPS) is 11.6. The van der Waals surface area contributed by atoms with Gasteiger partial charge in [-0.05, 0) is 30.2 Å². The van der Waals surface area contributed by atoms with Gasteiger partial charge in [0.2, 0.25) is 15.9 Å². The third kappa shape index (κ3) is 5.28. The maximum absolute atomic E-state index is 14.9. The number of hydrogen-bond acceptors (Lipinski definition) is 6. The van der Waals surface area contributed by atoms with Crippen molar-refractivity contribution in [1.29, 1.82) is 0 Å². The molecular formula is C19H19ClF2N4O4S. The van der Waals surface area contributed by atoms with Crippen LogP contribution in [0.25, 0.3) is 11.0 Å². The maximum atomic E-state index is 14.9. The summed E-state index contributed by atoms with van der Waals surface area (Å²) in [6.07, 6.45) is 1.48. The Morgan fingerprint density at radius 1 is 1.35 bits per heavy atom. The van der Waals surface area contributed by atoms with Gasteiger partial charge >= 0.3 is 0 Å².